The first-order chi connectivity index (χ1) is 9.17. The highest BCUT2D eigenvalue weighted by atomic mass is 16.4. The van der Waals surface area contributed by atoms with Gasteiger partial charge in [0.05, 0.1) is 0 Å². The Balaban J connectivity index is 2.21. The minimum Gasteiger partial charge on any atom is -0.419 e. The number of nitrogens with zero attached hydrogens (tertiary/aromatic N) is 3. The Bertz CT molecular complexity index is 635. The fraction of sp³-hybridized carbons (Fsp3) is 0.500. The van der Waals surface area contributed by atoms with Crippen molar-refractivity contribution in [1.29, 1.82) is 0 Å². The second kappa shape index (κ2) is 4.33. The average Bonchev–Trinajstić information content (AvgIpc) is 3.06. The summed E-state index contributed by atoms with van der Waals surface area (Å²) in [4.78, 5) is 11.3. The molecule has 1 fully saturated rings. The molecule has 0 N–H and O–H groups in total. The summed E-state index contributed by atoms with van der Waals surface area (Å²) in [5.41, 5.74) is 3.60. The van der Waals surface area contributed by atoms with Crippen molar-refractivity contribution in [1.82, 2.24) is 14.8 Å². The van der Waals surface area contributed by atoms with Crippen LogP contribution in [-0.4, -0.2) is 21.1 Å². The highest BCUT2D eigenvalue weighted by molar-refractivity contribution is 5.83. The number of aromatic nitrogens is 3. The predicted octanol–water partition coefficient (Wildman–Crippen LogP) is 2.86. The molecule has 0 spiro atoms. The number of carbonyl (C=O) groups is 1. The van der Waals surface area contributed by atoms with Crippen molar-refractivity contribution in [2.24, 2.45) is 0 Å². The summed E-state index contributed by atoms with van der Waals surface area (Å²) in [5, 5.41) is 8.14. The van der Waals surface area contributed by atoms with Crippen LogP contribution >= 0.6 is 0 Å². The number of carbonyl (C=O) groups excluding carboxylic acids is 1. The van der Waals surface area contributed by atoms with Crippen LogP contribution in [0, 0.1) is 13.8 Å². The lowest BCUT2D eigenvalue weighted by molar-refractivity contribution is 0.112. The third-order valence-electron chi connectivity index (χ3n) is 3.75. The van der Waals surface area contributed by atoms with Crippen LogP contribution in [0.3, 0.4) is 0 Å². The minimum atomic E-state index is 0.472. The molecule has 1 saturated carbocycles. The van der Waals surface area contributed by atoms with Gasteiger partial charge in [-0.2, -0.15) is 0 Å². The summed E-state index contributed by atoms with van der Waals surface area (Å²) in [7, 11) is 0. The molecule has 2 aromatic heterocycles. The van der Waals surface area contributed by atoms with Crippen LogP contribution in [0.2, 0.25) is 0 Å². The maximum atomic E-state index is 11.3. The molecule has 1 aliphatic carbocycles. The van der Waals surface area contributed by atoms with E-state index in [-0.39, 0.29) is 0 Å². The molecule has 0 atom stereocenters. The molecular weight excluding hydrogens is 242 g/mol. The van der Waals surface area contributed by atoms with E-state index in [1.54, 1.807) is 0 Å². The van der Waals surface area contributed by atoms with E-state index in [9.17, 15) is 4.79 Å². The maximum absolute atomic E-state index is 11.3. The van der Waals surface area contributed by atoms with Crippen LogP contribution in [0.15, 0.2) is 4.42 Å². The Morgan fingerprint density at radius 2 is 2.11 bits per heavy atom. The molecule has 2 heterocycles. The van der Waals surface area contributed by atoms with Crippen molar-refractivity contribution < 1.29 is 9.21 Å². The first-order valence-corrected chi connectivity index (χ1v) is 6.66. The van der Waals surface area contributed by atoms with E-state index in [0.717, 1.165) is 48.1 Å². The third-order valence-corrected chi connectivity index (χ3v) is 3.75. The average molecular weight is 259 g/mol. The van der Waals surface area contributed by atoms with Crippen molar-refractivity contribution in [2.75, 3.05) is 0 Å². The molecule has 0 aliphatic heterocycles. The normalized spacial score (nSPS) is 14.9. The molecule has 3 rings (SSSR count). The lowest BCUT2D eigenvalue weighted by Crippen LogP contribution is -2.00. The van der Waals surface area contributed by atoms with Crippen molar-refractivity contribution in [2.45, 2.75) is 46.1 Å². The fourth-order valence-corrected chi connectivity index (χ4v) is 2.60. The van der Waals surface area contributed by atoms with Crippen molar-refractivity contribution in [3.05, 3.63) is 22.7 Å². The van der Waals surface area contributed by atoms with E-state index >= 15 is 0 Å². The topological polar surface area (TPSA) is 60.9 Å². The largest absolute Gasteiger partial charge is 0.419 e. The molecule has 1 aliphatic rings. The zero-order chi connectivity index (χ0) is 13.6. The van der Waals surface area contributed by atoms with E-state index in [0.29, 0.717) is 17.8 Å². The van der Waals surface area contributed by atoms with Crippen LogP contribution in [0.25, 0.3) is 11.6 Å². The van der Waals surface area contributed by atoms with Crippen LogP contribution in [0.1, 0.15) is 53.3 Å². The standard InChI is InChI=1S/C14H17N3O2/c1-4-12-15-16-14(19-12)13-8(2)11(7-18)9(3)17(13)10-5-6-10/h7,10H,4-6H2,1-3H3. The van der Waals surface area contributed by atoms with Crippen molar-refractivity contribution in [3.63, 3.8) is 0 Å². The van der Waals surface area contributed by atoms with Crippen LogP contribution in [-0.2, 0) is 6.42 Å². The third kappa shape index (κ3) is 1.80. The molecule has 2 aromatic rings. The summed E-state index contributed by atoms with van der Waals surface area (Å²) in [6.07, 6.45) is 3.93. The van der Waals surface area contributed by atoms with Gasteiger partial charge in [-0.15, -0.1) is 10.2 Å². The molecule has 0 amide bonds. The monoisotopic (exact) mass is 259 g/mol. The zero-order valence-electron chi connectivity index (χ0n) is 11.4. The molecular formula is C14H17N3O2. The molecule has 0 radical (unpaired) electrons. The van der Waals surface area contributed by atoms with Crippen molar-refractivity contribution >= 4 is 6.29 Å². The van der Waals surface area contributed by atoms with Gasteiger partial charge in [0.25, 0.3) is 5.89 Å². The molecule has 19 heavy (non-hydrogen) atoms. The number of rotatable bonds is 4. The van der Waals surface area contributed by atoms with E-state index in [4.69, 9.17) is 4.42 Å². The molecule has 0 saturated heterocycles. The molecule has 100 valence electrons. The summed E-state index contributed by atoms with van der Waals surface area (Å²) < 4.78 is 7.86. The van der Waals surface area contributed by atoms with Gasteiger partial charge in [0.2, 0.25) is 5.89 Å². The van der Waals surface area contributed by atoms with E-state index in [1.165, 1.54) is 0 Å². The number of aryl methyl sites for hydroxylation is 1. The summed E-state index contributed by atoms with van der Waals surface area (Å²) in [5.74, 6) is 1.15. The van der Waals surface area contributed by atoms with E-state index in [2.05, 4.69) is 14.8 Å². The maximum Gasteiger partial charge on any atom is 0.264 e. The molecule has 5 nitrogen and oxygen atoms in total. The second-order valence-corrected chi connectivity index (χ2v) is 5.05. The highest BCUT2D eigenvalue weighted by Gasteiger charge is 2.32. The van der Waals surface area contributed by atoms with E-state index in [1.807, 2.05) is 20.8 Å². The molecule has 5 heteroatoms. The van der Waals surface area contributed by atoms with Gasteiger partial charge in [-0.25, -0.2) is 0 Å². The lowest BCUT2D eigenvalue weighted by Gasteiger charge is -2.07. The highest BCUT2D eigenvalue weighted by Crippen LogP contribution is 2.42. The summed E-state index contributed by atoms with van der Waals surface area (Å²) >= 11 is 0. The number of hydrogen-bond acceptors (Lipinski definition) is 4. The van der Waals surface area contributed by atoms with Gasteiger partial charge < -0.3 is 8.98 Å². The van der Waals surface area contributed by atoms with Gasteiger partial charge in [-0.3, -0.25) is 4.79 Å². The molecule has 0 aromatic carbocycles. The quantitative estimate of drug-likeness (QED) is 0.792. The Morgan fingerprint density at radius 3 is 2.63 bits per heavy atom. The van der Waals surface area contributed by atoms with Crippen LogP contribution in [0.5, 0.6) is 0 Å². The van der Waals surface area contributed by atoms with Crippen LogP contribution in [0.4, 0.5) is 0 Å². The first-order valence-electron chi connectivity index (χ1n) is 6.66. The Labute approximate surface area is 111 Å². The zero-order valence-corrected chi connectivity index (χ0v) is 11.4. The minimum absolute atomic E-state index is 0.472. The number of aldehydes is 1. The van der Waals surface area contributed by atoms with Gasteiger partial charge in [-0.05, 0) is 32.3 Å². The smallest absolute Gasteiger partial charge is 0.264 e. The lowest BCUT2D eigenvalue weighted by atomic mass is 10.1. The van der Waals surface area contributed by atoms with Gasteiger partial charge >= 0.3 is 0 Å². The fourth-order valence-electron chi connectivity index (χ4n) is 2.60. The van der Waals surface area contributed by atoms with Gasteiger partial charge in [0, 0.05) is 23.7 Å². The first kappa shape index (κ1) is 12.1. The number of hydrogen-bond donors (Lipinski definition) is 0. The van der Waals surface area contributed by atoms with Gasteiger partial charge in [-0.1, -0.05) is 6.92 Å². The van der Waals surface area contributed by atoms with Gasteiger partial charge in [0.1, 0.15) is 5.69 Å². The summed E-state index contributed by atoms with van der Waals surface area (Å²) in [6, 6.07) is 0.472. The van der Waals surface area contributed by atoms with Crippen LogP contribution < -0.4 is 0 Å². The Hall–Kier alpha value is -1.91. The Kier molecular flexibility index (Phi) is 2.77. The van der Waals surface area contributed by atoms with Crippen molar-refractivity contribution in [3.8, 4) is 11.6 Å². The SMILES string of the molecule is CCc1nnc(-c2c(C)c(C=O)c(C)n2C2CC2)o1. The Morgan fingerprint density at radius 1 is 1.37 bits per heavy atom. The second-order valence-electron chi connectivity index (χ2n) is 5.05. The van der Waals surface area contributed by atoms with E-state index < -0.39 is 0 Å². The van der Waals surface area contributed by atoms with Gasteiger partial charge in [0.15, 0.2) is 6.29 Å². The molecule has 0 unspecified atom stereocenters. The predicted molar refractivity (Wildman–Crippen MR) is 70.2 cm³/mol. The summed E-state index contributed by atoms with van der Waals surface area (Å²) in [6.45, 7) is 5.91. The molecule has 0 bridgehead atoms.